The average molecular weight is 558 g/mol. The van der Waals surface area contributed by atoms with E-state index in [0.29, 0.717) is 16.6 Å². The molecule has 1 aliphatic heterocycles. The number of carbonyl (C=O) groups is 2. The molecule has 0 saturated carbocycles. The average Bonchev–Trinajstić information content (AvgIpc) is 2.93. The first-order valence-corrected chi connectivity index (χ1v) is 12.3. The van der Waals surface area contributed by atoms with Gasteiger partial charge in [0.15, 0.2) is 0 Å². The number of nitrogens with one attached hydrogen (secondary N) is 1. The number of halogens is 5. The van der Waals surface area contributed by atoms with Crippen LogP contribution in [0.25, 0.3) is 11.0 Å². The Labute approximate surface area is 224 Å². The van der Waals surface area contributed by atoms with Gasteiger partial charge in [0.05, 0.1) is 16.1 Å². The smallest absolute Gasteiger partial charge is 0.347 e. The van der Waals surface area contributed by atoms with Crippen molar-refractivity contribution in [2.45, 2.75) is 24.6 Å². The van der Waals surface area contributed by atoms with E-state index in [2.05, 4.69) is 20.3 Å². The molecule has 0 unspecified atom stereocenters. The van der Waals surface area contributed by atoms with Gasteiger partial charge in [-0.25, -0.2) is 4.39 Å². The van der Waals surface area contributed by atoms with Crippen molar-refractivity contribution in [2.75, 3.05) is 13.1 Å². The van der Waals surface area contributed by atoms with Gasteiger partial charge in [-0.1, -0.05) is 23.7 Å². The molecule has 39 heavy (non-hydrogen) atoms. The van der Waals surface area contributed by atoms with Crippen LogP contribution in [0.4, 0.5) is 17.6 Å². The lowest BCUT2D eigenvalue weighted by atomic mass is 9.85. The molecule has 1 saturated heterocycles. The summed E-state index contributed by atoms with van der Waals surface area (Å²) in [5.74, 6) is -2.34. The van der Waals surface area contributed by atoms with Gasteiger partial charge in [0.2, 0.25) is 0 Å². The molecule has 200 valence electrons. The van der Waals surface area contributed by atoms with Crippen LogP contribution in [-0.2, 0) is 6.18 Å². The standard InChI is InChI=1S/C27H20ClF4N5O2/c28-20-12-16(13-22-24(20)35-10-9-33-22)26(39)37-11-7-21(18(14-37)15-3-5-17(29)6-4-15)36-25(38)23-19(27(30,31)32)2-1-8-34-23/h1-6,8-10,12-13,18,21H,7,11,14H2,(H,36,38)/t18-,21+/m1/s1. The molecule has 1 aliphatic rings. The second kappa shape index (κ2) is 10.6. The lowest BCUT2D eigenvalue weighted by Gasteiger charge is -2.39. The molecule has 2 atom stereocenters. The molecule has 5 rings (SSSR count). The van der Waals surface area contributed by atoms with Crippen LogP contribution >= 0.6 is 11.6 Å². The molecular weight excluding hydrogens is 538 g/mol. The molecule has 3 heterocycles. The molecule has 7 nitrogen and oxygen atoms in total. The van der Waals surface area contributed by atoms with Crippen molar-refractivity contribution in [3.63, 3.8) is 0 Å². The normalized spacial score (nSPS) is 17.7. The van der Waals surface area contributed by atoms with Crippen molar-refractivity contribution >= 4 is 34.4 Å². The Morgan fingerprint density at radius 2 is 1.74 bits per heavy atom. The Hall–Kier alpha value is -4.12. The summed E-state index contributed by atoms with van der Waals surface area (Å²) in [5, 5.41) is 2.93. The molecule has 1 N–H and O–H groups in total. The Morgan fingerprint density at radius 1 is 1.00 bits per heavy atom. The molecule has 0 spiro atoms. The van der Waals surface area contributed by atoms with Crippen LogP contribution in [0.2, 0.25) is 5.02 Å². The highest BCUT2D eigenvalue weighted by Crippen LogP contribution is 2.33. The molecule has 4 aromatic rings. The molecule has 0 bridgehead atoms. The zero-order valence-corrected chi connectivity index (χ0v) is 20.9. The second-order valence-corrected chi connectivity index (χ2v) is 9.46. The minimum Gasteiger partial charge on any atom is -0.347 e. The number of hydrogen-bond acceptors (Lipinski definition) is 5. The van der Waals surface area contributed by atoms with Gasteiger partial charge < -0.3 is 10.2 Å². The Balaban J connectivity index is 1.43. The maximum absolute atomic E-state index is 13.7. The highest BCUT2D eigenvalue weighted by atomic mass is 35.5. The van der Waals surface area contributed by atoms with Gasteiger partial charge in [-0.15, -0.1) is 0 Å². The number of benzene rings is 2. The maximum atomic E-state index is 13.7. The summed E-state index contributed by atoms with van der Waals surface area (Å²) in [7, 11) is 0. The molecule has 2 aromatic heterocycles. The number of hydrogen-bond donors (Lipinski definition) is 1. The van der Waals surface area contributed by atoms with Crippen LogP contribution in [0, 0.1) is 5.82 Å². The first-order valence-electron chi connectivity index (χ1n) is 11.9. The minimum absolute atomic E-state index is 0.111. The number of likely N-dealkylation sites (tertiary alicyclic amines) is 1. The molecule has 2 aromatic carbocycles. The lowest BCUT2D eigenvalue weighted by Crippen LogP contribution is -2.51. The highest BCUT2D eigenvalue weighted by Gasteiger charge is 2.38. The van der Waals surface area contributed by atoms with Crippen LogP contribution in [0.3, 0.4) is 0 Å². The summed E-state index contributed by atoms with van der Waals surface area (Å²) < 4.78 is 54.1. The number of piperidine rings is 1. The van der Waals surface area contributed by atoms with Gasteiger partial charge in [-0.2, -0.15) is 13.2 Å². The van der Waals surface area contributed by atoms with Crippen LogP contribution < -0.4 is 5.32 Å². The number of rotatable bonds is 4. The van der Waals surface area contributed by atoms with E-state index in [1.807, 2.05) is 0 Å². The maximum Gasteiger partial charge on any atom is 0.418 e. The van der Waals surface area contributed by atoms with Crippen molar-refractivity contribution < 1.29 is 27.2 Å². The van der Waals surface area contributed by atoms with Gasteiger partial charge in [-0.05, 0) is 48.4 Å². The third-order valence-corrected chi connectivity index (χ3v) is 6.91. The number of pyridine rings is 1. The van der Waals surface area contributed by atoms with Crippen molar-refractivity contribution in [3.8, 4) is 0 Å². The molecule has 2 amide bonds. The largest absolute Gasteiger partial charge is 0.418 e. The van der Waals surface area contributed by atoms with E-state index >= 15 is 0 Å². The van der Waals surface area contributed by atoms with Crippen molar-refractivity contribution in [1.82, 2.24) is 25.2 Å². The van der Waals surface area contributed by atoms with E-state index in [9.17, 15) is 27.2 Å². The van der Waals surface area contributed by atoms with E-state index in [1.165, 1.54) is 42.7 Å². The number of fused-ring (bicyclic) bond motifs is 1. The van der Waals surface area contributed by atoms with Gasteiger partial charge in [-0.3, -0.25) is 24.5 Å². The SMILES string of the molecule is O=C(N[C@H]1CCN(C(=O)c2cc(Cl)c3nccnc3c2)C[C@@H]1c1ccc(F)cc1)c1ncccc1C(F)(F)F. The predicted molar refractivity (Wildman–Crippen MR) is 135 cm³/mol. The monoisotopic (exact) mass is 557 g/mol. The van der Waals surface area contributed by atoms with E-state index in [0.717, 1.165) is 18.3 Å². The van der Waals surface area contributed by atoms with Crippen LogP contribution in [0.5, 0.6) is 0 Å². The van der Waals surface area contributed by atoms with Crippen molar-refractivity contribution in [1.29, 1.82) is 0 Å². The Morgan fingerprint density at radius 3 is 2.49 bits per heavy atom. The van der Waals surface area contributed by atoms with E-state index in [-0.39, 0.29) is 36.0 Å². The third-order valence-electron chi connectivity index (χ3n) is 6.62. The van der Waals surface area contributed by atoms with E-state index in [4.69, 9.17) is 11.6 Å². The number of aromatic nitrogens is 3. The van der Waals surface area contributed by atoms with Crippen LogP contribution in [-0.4, -0.2) is 50.8 Å². The Bertz CT molecular complexity index is 1550. The molecular formula is C27H20ClF4N5O2. The van der Waals surface area contributed by atoms with Gasteiger partial charge in [0, 0.05) is 49.2 Å². The minimum atomic E-state index is -4.77. The van der Waals surface area contributed by atoms with Gasteiger partial charge in [0.25, 0.3) is 11.8 Å². The fourth-order valence-electron chi connectivity index (χ4n) is 4.75. The summed E-state index contributed by atoms with van der Waals surface area (Å²) >= 11 is 6.33. The van der Waals surface area contributed by atoms with E-state index in [1.54, 1.807) is 11.0 Å². The van der Waals surface area contributed by atoms with Crippen LogP contribution in [0.1, 0.15) is 44.3 Å². The first kappa shape index (κ1) is 26.5. The molecule has 1 fully saturated rings. The fourth-order valence-corrected chi connectivity index (χ4v) is 5.01. The molecule has 12 heteroatoms. The number of alkyl halides is 3. The Kier molecular flexibility index (Phi) is 7.17. The predicted octanol–water partition coefficient (Wildman–Crippen LogP) is 5.26. The third kappa shape index (κ3) is 5.53. The quantitative estimate of drug-likeness (QED) is 0.346. The summed E-state index contributed by atoms with van der Waals surface area (Å²) in [6.45, 7) is 0.311. The van der Waals surface area contributed by atoms with Crippen molar-refractivity contribution in [2.24, 2.45) is 0 Å². The number of nitrogens with zero attached hydrogens (tertiary/aromatic N) is 4. The number of amides is 2. The topological polar surface area (TPSA) is 88.1 Å². The summed E-state index contributed by atoms with van der Waals surface area (Å²) in [4.78, 5) is 40.0. The zero-order chi connectivity index (χ0) is 27.7. The summed E-state index contributed by atoms with van der Waals surface area (Å²) in [6.07, 6.45) is -0.447. The molecule has 0 aliphatic carbocycles. The fraction of sp³-hybridized carbons (Fsp3) is 0.222. The van der Waals surface area contributed by atoms with Crippen LogP contribution in [0.15, 0.2) is 67.1 Å². The zero-order valence-electron chi connectivity index (χ0n) is 20.1. The summed E-state index contributed by atoms with van der Waals surface area (Å²) in [6, 6.07) is 9.87. The lowest BCUT2D eigenvalue weighted by molar-refractivity contribution is -0.138. The van der Waals surface area contributed by atoms with Gasteiger partial charge >= 0.3 is 6.18 Å². The summed E-state index contributed by atoms with van der Waals surface area (Å²) in [5.41, 5.74) is -0.0937. The first-order chi connectivity index (χ1) is 18.6. The van der Waals surface area contributed by atoms with Gasteiger partial charge in [0.1, 0.15) is 17.0 Å². The van der Waals surface area contributed by atoms with Crippen molar-refractivity contribution in [3.05, 3.63) is 100 Å². The highest BCUT2D eigenvalue weighted by molar-refractivity contribution is 6.35. The van der Waals surface area contributed by atoms with E-state index < -0.39 is 41.1 Å². The molecule has 0 radical (unpaired) electrons. The number of carbonyl (C=O) groups excluding carboxylic acids is 2. The second-order valence-electron chi connectivity index (χ2n) is 9.06.